The van der Waals surface area contributed by atoms with Crippen LogP contribution in [0.2, 0.25) is 0 Å². The molecule has 4 heterocycles. The summed E-state index contributed by atoms with van der Waals surface area (Å²) in [5, 5.41) is 12.3. The summed E-state index contributed by atoms with van der Waals surface area (Å²) in [4.78, 5) is 45.3. The van der Waals surface area contributed by atoms with E-state index in [4.69, 9.17) is 9.47 Å². The number of rotatable bonds is 4. The number of aliphatic hydroxyl groups is 1. The van der Waals surface area contributed by atoms with Gasteiger partial charge in [0.05, 0.1) is 31.3 Å². The highest BCUT2D eigenvalue weighted by molar-refractivity contribution is 6.06. The lowest BCUT2D eigenvalue weighted by Crippen LogP contribution is -2.58. The van der Waals surface area contributed by atoms with E-state index >= 15 is 0 Å². The molecule has 1 unspecified atom stereocenters. The number of allylic oxidation sites excluding steroid dienone is 1. The molecular weight excluding hydrogens is 496 g/mol. The zero-order valence-electron chi connectivity index (χ0n) is 22.1. The minimum atomic E-state index is -1.35. The normalized spacial score (nSPS) is 32.3. The molecule has 6 rings (SSSR count). The minimum absolute atomic E-state index is 0.287. The maximum absolute atomic E-state index is 14.5. The zero-order chi connectivity index (χ0) is 27.1. The minimum Gasteiger partial charge on any atom is -0.465 e. The van der Waals surface area contributed by atoms with Crippen molar-refractivity contribution < 1.29 is 29.0 Å². The number of likely N-dealkylation sites (tertiary alicyclic amines) is 1. The highest BCUT2D eigenvalue weighted by Crippen LogP contribution is 2.54. The first-order chi connectivity index (χ1) is 19.0. The van der Waals surface area contributed by atoms with E-state index in [1.807, 2.05) is 73.7 Å². The number of anilines is 1. The standard InChI is InChI=1S/C31H34N2O6/c1-2-22(19-34)33-27-29(36)32(23-14-13-20-10-6-7-11-21(20)18-23)16-9-15-31(27)26(28(33)35)25-24(39-31)12-5-3-4-8-17-38-30(25)37/h5-7,9-15,18,22,24-27,34H,2-4,8,16-17,19H2,1H3/b12-5-/t22-,24+,25-,26-,27?,31-/m0/s1. The number of amides is 2. The largest absolute Gasteiger partial charge is 0.465 e. The van der Waals surface area contributed by atoms with E-state index < -0.39 is 41.6 Å². The topological polar surface area (TPSA) is 96.4 Å². The first-order valence-corrected chi connectivity index (χ1v) is 13.9. The number of carbonyl (C=O) groups excluding carboxylic acids is 3. The lowest BCUT2D eigenvalue weighted by Gasteiger charge is -2.38. The molecule has 0 saturated carbocycles. The molecule has 4 aliphatic rings. The Bertz CT molecular complexity index is 1350. The van der Waals surface area contributed by atoms with Gasteiger partial charge in [-0.3, -0.25) is 14.4 Å². The molecule has 2 amide bonds. The summed E-state index contributed by atoms with van der Waals surface area (Å²) in [6.07, 6.45) is 9.75. The number of hydrogen-bond donors (Lipinski definition) is 1. The van der Waals surface area contributed by atoms with Crippen molar-refractivity contribution in [2.45, 2.75) is 56.4 Å². The number of esters is 1. The summed E-state index contributed by atoms with van der Waals surface area (Å²) in [5.74, 6) is -2.93. The predicted molar refractivity (Wildman–Crippen MR) is 146 cm³/mol. The first kappa shape index (κ1) is 25.8. The van der Waals surface area contributed by atoms with E-state index in [0.29, 0.717) is 18.7 Å². The van der Waals surface area contributed by atoms with E-state index in [-0.39, 0.29) is 25.0 Å². The second kappa shape index (κ2) is 10.2. The summed E-state index contributed by atoms with van der Waals surface area (Å²) in [6, 6.07) is 12.2. The fraction of sp³-hybridized carbons (Fsp3) is 0.452. The average Bonchev–Trinajstić information content (AvgIpc) is 3.34. The van der Waals surface area contributed by atoms with Crippen LogP contribution in [-0.2, 0) is 23.9 Å². The Morgan fingerprint density at radius 1 is 1.05 bits per heavy atom. The number of aliphatic hydroxyl groups excluding tert-OH is 1. The van der Waals surface area contributed by atoms with Crippen LogP contribution in [0.1, 0.15) is 32.6 Å². The Balaban J connectivity index is 1.47. The number of benzene rings is 2. The van der Waals surface area contributed by atoms with Crippen LogP contribution in [0, 0.1) is 11.8 Å². The van der Waals surface area contributed by atoms with Crippen LogP contribution in [0.3, 0.4) is 0 Å². The number of ether oxygens (including phenoxy) is 2. The Labute approximate surface area is 227 Å². The van der Waals surface area contributed by atoms with E-state index in [9.17, 15) is 19.5 Å². The molecular formula is C31H34N2O6. The van der Waals surface area contributed by atoms with Crippen LogP contribution >= 0.6 is 0 Å². The third-order valence-electron chi connectivity index (χ3n) is 8.66. The SMILES string of the molecule is CC[C@@H](CO)N1C(=O)[C@@H]2[C@H]3C(=O)OCCCC/C=C\[C@H]3O[C@@]23C=CCN(c2ccc4ccccc4c2)C(=O)C13. The van der Waals surface area contributed by atoms with Gasteiger partial charge >= 0.3 is 5.97 Å². The summed E-state index contributed by atoms with van der Waals surface area (Å²) in [7, 11) is 0. The van der Waals surface area contributed by atoms with Crippen LogP contribution in [0.25, 0.3) is 10.8 Å². The van der Waals surface area contributed by atoms with Gasteiger partial charge in [-0.15, -0.1) is 0 Å². The molecule has 8 heteroatoms. The second-order valence-electron chi connectivity index (χ2n) is 10.8. The smallest absolute Gasteiger partial charge is 0.312 e. The van der Waals surface area contributed by atoms with Gasteiger partial charge in [0.25, 0.3) is 5.91 Å². The highest BCUT2D eigenvalue weighted by Gasteiger charge is 2.72. The third-order valence-corrected chi connectivity index (χ3v) is 8.66. The molecule has 204 valence electrons. The summed E-state index contributed by atoms with van der Waals surface area (Å²) < 4.78 is 12.3. The molecule has 1 spiro atoms. The third kappa shape index (κ3) is 4.08. The first-order valence-electron chi connectivity index (χ1n) is 13.9. The monoisotopic (exact) mass is 530 g/mol. The van der Waals surface area contributed by atoms with Crippen LogP contribution in [-0.4, -0.2) is 71.3 Å². The van der Waals surface area contributed by atoms with Crippen LogP contribution < -0.4 is 4.90 Å². The molecule has 1 N–H and O–H groups in total. The van der Waals surface area contributed by atoms with Gasteiger partial charge < -0.3 is 24.4 Å². The van der Waals surface area contributed by atoms with Crippen molar-refractivity contribution in [2.75, 3.05) is 24.7 Å². The number of hydrogen-bond acceptors (Lipinski definition) is 6. The highest BCUT2D eigenvalue weighted by atomic mass is 16.6. The molecule has 0 radical (unpaired) electrons. The molecule has 6 atom stereocenters. The van der Waals surface area contributed by atoms with E-state index in [1.54, 1.807) is 4.90 Å². The fourth-order valence-corrected chi connectivity index (χ4v) is 6.74. The number of nitrogens with zero attached hydrogens (tertiary/aromatic N) is 2. The molecule has 0 aromatic heterocycles. The molecule has 4 aliphatic heterocycles. The van der Waals surface area contributed by atoms with Crippen molar-refractivity contribution in [3.8, 4) is 0 Å². The number of fused-ring (bicyclic) bond motifs is 3. The van der Waals surface area contributed by atoms with Gasteiger partial charge in [0, 0.05) is 12.2 Å². The molecule has 39 heavy (non-hydrogen) atoms. The molecule has 8 nitrogen and oxygen atoms in total. The Hall–Kier alpha value is -3.49. The van der Waals surface area contributed by atoms with Crippen LogP contribution in [0.5, 0.6) is 0 Å². The molecule has 2 fully saturated rings. The van der Waals surface area contributed by atoms with Crippen molar-refractivity contribution in [3.63, 3.8) is 0 Å². The molecule has 0 bridgehead atoms. The Morgan fingerprint density at radius 3 is 2.67 bits per heavy atom. The molecule has 2 aromatic carbocycles. The van der Waals surface area contributed by atoms with Gasteiger partial charge in [0.1, 0.15) is 17.6 Å². The van der Waals surface area contributed by atoms with Crippen molar-refractivity contribution in [1.29, 1.82) is 0 Å². The average molecular weight is 531 g/mol. The zero-order valence-corrected chi connectivity index (χ0v) is 22.1. The van der Waals surface area contributed by atoms with Crippen LogP contribution in [0.4, 0.5) is 5.69 Å². The van der Waals surface area contributed by atoms with E-state index in [1.165, 1.54) is 4.90 Å². The maximum atomic E-state index is 14.5. The molecule has 0 aliphatic carbocycles. The maximum Gasteiger partial charge on any atom is 0.312 e. The van der Waals surface area contributed by atoms with Gasteiger partial charge in [-0.25, -0.2) is 0 Å². The second-order valence-corrected chi connectivity index (χ2v) is 10.8. The predicted octanol–water partition coefficient (Wildman–Crippen LogP) is 3.38. The lowest BCUT2D eigenvalue weighted by atomic mass is 9.78. The van der Waals surface area contributed by atoms with Gasteiger partial charge in [0.15, 0.2) is 0 Å². The number of cyclic esters (lactones) is 1. The Kier molecular flexibility index (Phi) is 6.77. The van der Waals surface area contributed by atoms with Crippen LogP contribution in [0.15, 0.2) is 66.8 Å². The lowest BCUT2D eigenvalue weighted by molar-refractivity contribution is -0.155. The summed E-state index contributed by atoms with van der Waals surface area (Å²) in [5.41, 5.74) is -0.639. The quantitative estimate of drug-likeness (QED) is 0.481. The van der Waals surface area contributed by atoms with Crippen molar-refractivity contribution in [2.24, 2.45) is 11.8 Å². The van der Waals surface area contributed by atoms with Gasteiger partial charge in [-0.1, -0.05) is 61.6 Å². The van der Waals surface area contributed by atoms with Crippen molar-refractivity contribution >= 4 is 34.2 Å². The summed E-state index contributed by atoms with van der Waals surface area (Å²) in [6.45, 7) is 2.15. The fourth-order valence-electron chi connectivity index (χ4n) is 6.74. The number of carbonyl (C=O) groups is 3. The van der Waals surface area contributed by atoms with E-state index in [2.05, 4.69) is 0 Å². The van der Waals surface area contributed by atoms with Gasteiger partial charge in [0.2, 0.25) is 5.91 Å². The Morgan fingerprint density at radius 2 is 1.87 bits per heavy atom. The molecule has 2 saturated heterocycles. The van der Waals surface area contributed by atoms with Gasteiger partial charge in [-0.2, -0.15) is 0 Å². The molecule has 2 aromatic rings. The van der Waals surface area contributed by atoms with Crippen molar-refractivity contribution in [3.05, 3.63) is 66.8 Å². The van der Waals surface area contributed by atoms with E-state index in [0.717, 1.165) is 30.0 Å². The summed E-state index contributed by atoms with van der Waals surface area (Å²) >= 11 is 0. The van der Waals surface area contributed by atoms with Gasteiger partial charge in [-0.05, 0) is 48.6 Å². The van der Waals surface area contributed by atoms with Crippen molar-refractivity contribution in [1.82, 2.24) is 4.90 Å².